The predicted molar refractivity (Wildman–Crippen MR) is 75.0 cm³/mol. The molecule has 5 nitrogen and oxygen atoms in total. The Morgan fingerprint density at radius 1 is 1.28 bits per heavy atom. The Morgan fingerprint density at radius 2 is 1.94 bits per heavy atom. The van der Waals surface area contributed by atoms with Crippen LogP contribution >= 0.6 is 15.9 Å². The molecule has 0 aliphatic rings. The zero-order valence-electron chi connectivity index (χ0n) is 10.9. The zero-order chi connectivity index (χ0) is 13.5. The summed E-state index contributed by atoms with van der Waals surface area (Å²) >= 11 is 3.46. The minimum Gasteiger partial charge on any atom is -0.383 e. The van der Waals surface area contributed by atoms with Crippen LogP contribution in [0.2, 0.25) is 0 Å². The number of anilines is 1. The van der Waals surface area contributed by atoms with Crippen molar-refractivity contribution in [3.05, 3.63) is 22.6 Å². The summed E-state index contributed by atoms with van der Waals surface area (Å²) in [5, 5.41) is 4.12. The SMILES string of the molecule is Cn1cc(-c2nc(N)c(Br)c(C(C)(C)C)n2)cn1. The van der Waals surface area contributed by atoms with Crippen LogP contribution in [-0.2, 0) is 12.5 Å². The van der Waals surface area contributed by atoms with Gasteiger partial charge in [0.2, 0.25) is 0 Å². The Labute approximate surface area is 115 Å². The third-order valence-electron chi connectivity index (χ3n) is 2.55. The molecule has 0 aromatic carbocycles. The fourth-order valence-electron chi connectivity index (χ4n) is 1.63. The van der Waals surface area contributed by atoms with E-state index in [1.807, 2.05) is 13.2 Å². The second-order valence-corrected chi connectivity index (χ2v) is 6.04. The molecule has 2 N–H and O–H groups in total. The highest BCUT2D eigenvalue weighted by Gasteiger charge is 2.23. The standard InChI is InChI=1S/C12H16BrN5/c1-12(2,3)9-8(13)10(14)17-11(16-9)7-5-15-18(4)6-7/h5-6H,1-4H3,(H2,14,16,17). The third-order valence-corrected chi connectivity index (χ3v) is 3.33. The van der Waals surface area contributed by atoms with Crippen LogP contribution in [0.5, 0.6) is 0 Å². The van der Waals surface area contributed by atoms with E-state index in [4.69, 9.17) is 5.73 Å². The molecule has 0 amide bonds. The van der Waals surface area contributed by atoms with E-state index in [2.05, 4.69) is 51.8 Å². The highest BCUT2D eigenvalue weighted by molar-refractivity contribution is 9.10. The first-order chi connectivity index (χ1) is 8.29. The van der Waals surface area contributed by atoms with E-state index in [9.17, 15) is 0 Å². The molecular formula is C12H16BrN5. The minimum atomic E-state index is -0.104. The first kappa shape index (κ1) is 13.0. The Bertz CT molecular complexity index is 583. The van der Waals surface area contributed by atoms with Gasteiger partial charge in [0.25, 0.3) is 0 Å². The third kappa shape index (κ3) is 2.38. The van der Waals surface area contributed by atoms with Crippen LogP contribution in [0.3, 0.4) is 0 Å². The smallest absolute Gasteiger partial charge is 0.165 e. The molecule has 2 heterocycles. The van der Waals surface area contributed by atoms with Gasteiger partial charge in [-0.2, -0.15) is 5.10 Å². The van der Waals surface area contributed by atoms with E-state index in [-0.39, 0.29) is 5.41 Å². The summed E-state index contributed by atoms with van der Waals surface area (Å²) < 4.78 is 2.48. The van der Waals surface area contributed by atoms with Gasteiger partial charge in [-0.25, -0.2) is 9.97 Å². The van der Waals surface area contributed by atoms with Crippen LogP contribution in [-0.4, -0.2) is 19.7 Å². The second kappa shape index (κ2) is 4.35. The number of nitrogen functional groups attached to an aromatic ring is 1. The number of hydrogen-bond donors (Lipinski definition) is 1. The summed E-state index contributed by atoms with van der Waals surface area (Å²) in [4.78, 5) is 8.89. The van der Waals surface area contributed by atoms with E-state index in [0.717, 1.165) is 15.7 Å². The lowest BCUT2D eigenvalue weighted by atomic mass is 9.92. The Morgan fingerprint density at radius 3 is 2.44 bits per heavy atom. The van der Waals surface area contributed by atoms with Crippen molar-refractivity contribution < 1.29 is 0 Å². The Hall–Kier alpha value is -1.43. The number of nitrogens with two attached hydrogens (primary N) is 1. The number of aryl methyl sites for hydroxylation is 1. The van der Waals surface area contributed by atoms with Gasteiger partial charge in [0.15, 0.2) is 5.82 Å². The highest BCUT2D eigenvalue weighted by atomic mass is 79.9. The van der Waals surface area contributed by atoms with Crippen LogP contribution in [0.25, 0.3) is 11.4 Å². The summed E-state index contributed by atoms with van der Waals surface area (Å²) in [7, 11) is 1.86. The van der Waals surface area contributed by atoms with Gasteiger partial charge < -0.3 is 5.73 Å². The van der Waals surface area contributed by atoms with Gasteiger partial charge in [-0.1, -0.05) is 20.8 Å². The lowest BCUT2D eigenvalue weighted by Gasteiger charge is -2.20. The van der Waals surface area contributed by atoms with Crippen LogP contribution in [0.1, 0.15) is 26.5 Å². The predicted octanol–water partition coefficient (Wildman–Crippen LogP) is 2.52. The molecule has 0 aliphatic carbocycles. The quantitative estimate of drug-likeness (QED) is 0.878. The summed E-state index contributed by atoms with van der Waals surface area (Å²) in [6.45, 7) is 6.27. The molecule has 0 atom stereocenters. The molecule has 2 aromatic rings. The van der Waals surface area contributed by atoms with Crippen LogP contribution < -0.4 is 5.73 Å². The van der Waals surface area contributed by atoms with Crippen LogP contribution in [0, 0.1) is 0 Å². The van der Waals surface area contributed by atoms with Gasteiger partial charge in [0, 0.05) is 18.7 Å². The lowest BCUT2D eigenvalue weighted by molar-refractivity contribution is 0.565. The van der Waals surface area contributed by atoms with Crippen molar-refractivity contribution >= 4 is 21.7 Å². The summed E-state index contributed by atoms with van der Waals surface area (Å²) in [5.41, 5.74) is 7.59. The minimum absolute atomic E-state index is 0.104. The molecular weight excluding hydrogens is 294 g/mol. The van der Waals surface area contributed by atoms with Gasteiger partial charge in [-0.3, -0.25) is 4.68 Å². The maximum Gasteiger partial charge on any atom is 0.165 e. The number of aromatic nitrogens is 4. The van der Waals surface area contributed by atoms with Crippen molar-refractivity contribution in [1.29, 1.82) is 0 Å². The number of nitrogens with zero attached hydrogens (tertiary/aromatic N) is 4. The van der Waals surface area contributed by atoms with Crippen molar-refractivity contribution in [3.8, 4) is 11.4 Å². The summed E-state index contributed by atoms with van der Waals surface area (Å²) in [5.74, 6) is 1.06. The number of halogens is 1. The van der Waals surface area contributed by atoms with Gasteiger partial charge in [-0.05, 0) is 15.9 Å². The fourth-order valence-corrected chi connectivity index (χ4v) is 2.40. The summed E-state index contributed by atoms with van der Waals surface area (Å²) in [6, 6.07) is 0. The van der Waals surface area contributed by atoms with E-state index < -0.39 is 0 Å². The van der Waals surface area contributed by atoms with E-state index >= 15 is 0 Å². The van der Waals surface area contributed by atoms with Crippen LogP contribution in [0.15, 0.2) is 16.9 Å². The Kier molecular flexibility index (Phi) is 3.14. The molecule has 6 heteroatoms. The van der Waals surface area contributed by atoms with E-state index in [1.165, 1.54) is 0 Å². The molecule has 0 unspecified atom stereocenters. The zero-order valence-corrected chi connectivity index (χ0v) is 12.5. The topological polar surface area (TPSA) is 69.6 Å². The highest BCUT2D eigenvalue weighted by Crippen LogP contribution is 2.32. The van der Waals surface area contributed by atoms with E-state index in [1.54, 1.807) is 10.9 Å². The van der Waals surface area contributed by atoms with Crippen molar-refractivity contribution in [2.75, 3.05) is 5.73 Å². The normalized spacial score (nSPS) is 11.8. The molecule has 0 fully saturated rings. The van der Waals surface area contributed by atoms with Crippen molar-refractivity contribution in [2.45, 2.75) is 26.2 Å². The average Bonchev–Trinajstić information content (AvgIpc) is 2.67. The maximum atomic E-state index is 5.94. The first-order valence-electron chi connectivity index (χ1n) is 5.61. The number of hydrogen-bond acceptors (Lipinski definition) is 4. The molecule has 2 rings (SSSR count). The monoisotopic (exact) mass is 309 g/mol. The summed E-state index contributed by atoms with van der Waals surface area (Å²) in [6.07, 6.45) is 3.60. The largest absolute Gasteiger partial charge is 0.383 e. The first-order valence-corrected chi connectivity index (χ1v) is 6.41. The molecule has 96 valence electrons. The fraction of sp³-hybridized carbons (Fsp3) is 0.417. The molecule has 0 saturated carbocycles. The molecule has 0 aliphatic heterocycles. The second-order valence-electron chi connectivity index (χ2n) is 5.25. The van der Waals surface area contributed by atoms with Crippen molar-refractivity contribution in [3.63, 3.8) is 0 Å². The molecule has 2 aromatic heterocycles. The van der Waals surface area contributed by atoms with E-state index in [0.29, 0.717) is 11.6 Å². The molecule has 0 saturated heterocycles. The molecule has 18 heavy (non-hydrogen) atoms. The lowest BCUT2D eigenvalue weighted by Crippen LogP contribution is -2.17. The molecule has 0 bridgehead atoms. The molecule has 0 spiro atoms. The number of rotatable bonds is 1. The average molecular weight is 310 g/mol. The van der Waals surface area contributed by atoms with Gasteiger partial charge in [0.05, 0.1) is 21.9 Å². The van der Waals surface area contributed by atoms with Gasteiger partial charge in [-0.15, -0.1) is 0 Å². The molecule has 0 radical (unpaired) electrons. The van der Waals surface area contributed by atoms with Crippen molar-refractivity contribution in [2.24, 2.45) is 7.05 Å². The Balaban J connectivity index is 2.61. The van der Waals surface area contributed by atoms with Crippen molar-refractivity contribution in [1.82, 2.24) is 19.7 Å². The van der Waals surface area contributed by atoms with Crippen LogP contribution in [0.4, 0.5) is 5.82 Å². The van der Waals surface area contributed by atoms with Gasteiger partial charge in [0.1, 0.15) is 5.82 Å². The van der Waals surface area contributed by atoms with Gasteiger partial charge >= 0.3 is 0 Å². The maximum absolute atomic E-state index is 5.94.